The summed E-state index contributed by atoms with van der Waals surface area (Å²) in [6, 6.07) is 15.9. The molecule has 0 aliphatic carbocycles. The van der Waals surface area contributed by atoms with Gasteiger partial charge in [-0.2, -0.15) is 15.0 Å². The Hall–Kier alpha value is -3.94. The number of benzene rings is 2. The van der Waals surface area contributed by atoms with Gasteiger partial charge in [0, 0.05) is 31.4 Å². The van der Waals surface area contributed by atoms with Crippen molar-refractivity contribution in [2.24, 2.45) is 0 Å². The molecule has 2 N–H and O–H groups in total. The molecule has 2 aromatic heterocycles. The Labute approximate surface area is 175 Å². The fourth-order valence-electron chi connectivity index (χ4n) is 3.10. The maximum absolute atomic E-state index is 5.58. The van der Waals surface area contributed by atoms with Gasteiger partial charge in [-0.25, -0.2) is 4.98 Å². The van der Waals surface area contributed by atoms with E-state index in [1.54, 1.807) is 20.5 Å². The number of rotatable bonds is 7. The Bertz CT molecular complexity index is 1140. The van der Waals surface area contributed by atoms with Gasteiger partial charge in [0.2, 0.25) is 11.9 Å². The number of ether oxygens (including phenoxy) is 1. The van der Waals surface area contributed by atoms with E-state index in [2.05, 4.69) is 42.7 Å². The SMILES string of the molecule is CNc1nc(Cc2ccccc2)nc(Nc2ccc(-n3cnc(C)c3)c(OC)c2)n1. The normalized spacial score (nSPS) is 10.6. The van der Waals surface area contributed by atoms with Crippen LogP contribution in [0.15, 0.2) is 61.1 Å². The van der Waals surface area contributed by atoms with Crippen LogP contribution in [-0.4, -0.2) is 38.7 Å². The van der Waals surface area contributed by atoms with E-state index in [0.29, 0.717) is 29.9 Å². The van der Waals surface area contributed by atoms with Crippen molar-refractivity contribution >= 4 is 17.6 Å². The second kappa shape index (κ2) is 8.60. The van der Waals surface area contributed by atoms with Crippen LogP contribution in [0, 0.1) is 6.92 Å². The van der Waals surface area contributed by atoms with Crippen LogP contribution in [0.2, 0.25) is 0 Å². The standard InChI is InChI=1S/C22H23N7O/c1-15-13-29(14-24-15)18-10-9-17(12-19(18)30-3)25-22-27-20(26-21(23-2)28-22)11-16-7-5-4-6-8-16/h4-10,12-14H,11H2,1-3H3,(H2,23,25,26,27,28). The van der Waals surface area contributed by atoms with Crippen molar-refractivity contribution in [3.8, 4) is 11.4 Å². The molecule has 8 nitrogen and oxygen atoms in total. The lowest BCUT2D eigenvalue weighted by molar-refractivity contribution is 0.413. The van der Waals surface area contributed by atoms with Gasteiger partial charge in [-0.3, -0.25) is 0 Å². The first-order chi connectivity index (χ1) is 14.6. The van der Waals surface area contributed by atoms with Crippen molar-refractivity contribution in [2.75, 3.05) is 24.8 Å². The molecule has 0 atom stereocenters. The van der Waals surface area contributed by atoms with E-state index < -0.39 is 0 Å². The molecular formula is C22H23N7O. The highest BCUT2D eigenvalue weighted by atomic mass is 16.5. The highest BCUT2D eigenvalue weighted by molar-refractivity contribution is 5.62. The molecule has 0 unspecified atom stereocenters. The Kier molecular flexibility index (Phi) is 5.56. The summed E-state index contributed by atoms with van der Waals surface area (Å²) in [5.74, 6) is 2.37. The summed E-state index contributed by atoms with van der Waals surface area (Å²) in [7, 11) is 3.43. The minimum atomic E-state index is 0.466. The average Bonchev–Trinajstić information content (AvgIpc) is 3.20. The second-order valence-electron chi connectivity index (χ2n) is 6.75. The number of hydrogen-bond acceptors (Lipinski definition) is 7. The molecule has 0 aliphatic heterocycles. The lowest BCUT2D eigenvalue weighted by Gasteiger charge is -2.13. The van der Waals surface area contributed by atoms with Gasteiger partial charge in [0.25, 0.3) is 0 Å². The summed E-state index contributed by atoms with van der Waals surface area (Å²) in [6.07, 6.45) is 4.34. The van der Waals surface area contributed by atoms with E-state index in [-0.39, 0.29) is 0 Å². The van der Waals surface area contributed by atoms with Crippen LogP contribution in [0.1, 0.15) is 17.1 Å². The van der Waals surface area contributed by atoms with Crippen molar-refractivity contribution < 1.29 is 4.74 Å². The topological polar surface area (TPSA) is 89.8 Å². The van der Waals surface area contributed by atoms with Gasteiger partial charge < -0.3 is 19.9 Å². The third-order valence-corrected chi connectivity index (χ3v) is 4.54. The average molecular weight is 401 g/mol. The smallest absolute Gasteiger partial charge is 0.232 e. The van der Waals surface area contributed by atoms with Crippen LogP contribution < -0.4 is 15.4 Å². The lowest BCUT2D eigenvalue weighted by atomic mass is 10.1. The molecule has 2 heterocycles. The number of nitrogens with zero attached hydrogens (tertiary/aromatic N) is 5. The minimum absolute atomic E-state index is 0.466. The summed E-state index contributed by atoms with van der Waals surface area (Å²) in [5, 5.41) is 6.25. The van der Waals surface area contributed by atoms with E-state index in [9.17, 15) is 0 Å². The summed E-state index contributed by atoms with van der Waals surface area (Å²) in [4.78, 5) is 17.8. The maximum atomic E-state index is 5.58. The summed E-state index contributed by atoms with van der Waals surface area (Å²) in [6.45, 7) is 1.95. The molecule has 4 rings (SSSR count). The Morgan fingerprint density at radius 3 is 2.50 bits per heavy atom. The molecule has 8 heteroatoms. The van der Waals surface area contributed by atoms with Gasteiger partial charge in [-0.05, 0) is 24.6 Å². The zero-order valence-electron chi connectivity index (χ0n) is 17.1. The molecule has 0 radical (unpaired) electrons. The molecule has 0 spiro atoms. The van der Waals surface area contributed by atoms with Crippen molar-refractivity contribution in [3.05, 3.63) is 78.1 Å². The van der Waals surface area contributed by atoms with E-state index in [0.717, 1.165) is 22.6 Å². The number of imidazole rings is 1. The van der Waals surface area contributed by atoms with Crippen LogP contribution in [0.4, 0.5) is 17.6 Å². The van der Waals surface area contributed by atoms with E-state index in [1.807, 2.05) is 54.1 Å². The summed E-state index contributed by atoms with van der Waals surface area (Å²) < 4.78 is 7.51. The fraction of sp³-hybridized carbons (Fsp3) is 0.182. The molecule has 0 saturated carbocycles. The van der Waals surface area contributed by atoms with Crippen molar-refractivity contribution in [1.82, 2.24) is 24.5 Å². The van der Waals surface area contributed by atoms with Crippen LogP contribution in [0.5, 0.6) is 5.75 Å². The molecule has 0 aliphatic rings. The van der Waals surface area contributed by atoms with Crippen molar-refractivity contribution in [1.29, 1.82) is 0 Å². The van der Waals surface area contributed by atoms with Crippen LogP contribution in [0.25, 0.3) is 5.69 Å². The zero-order chi connectivity index (χ0) is 20.9. The molecule has 0 amide bonds. The van der Waals surface area contributed by atoms with Gasteiger partial charge in [0.1, 0.15) is 11.6 Å². The monoisotopic (exact) mass is 401 g/mol. The molecule has 30 heavy (non-hydrogen) atoms. The van der Waals surface area contributed by atoms with Gasteiger partial charge >= 0.3 is 0 Å². The third-order valence-electron chi connectivity index (χ3n) is 4.54. The molecule has 4 aromatic rings. The first-order valence-electron chi connectivity index (χ1n) is 9.57. The Balaban J connectivity index is 1.61. The quantitative estimate of drug-likeness (QED) is 0.487. The zero-order valence-corrected chi connectivity index (χ0v) is 17.1. The van der Waals surface area contributed by atoms with Crippen molar-refractivity contribution in [3.63, 3.8) is 0 Å². The molecule has 2 aromatic carbocycles. The number of methoxy groups -OCH3 is 1. The maximum Gasteiger partial charge on any atom is 0.232 e. The first-order valence-corrected chi connectivity index (χ1v) is 9.57. The Morgan fingerprint density at radius 2 is 1.80 bits per heavy atom. The fourth-order valence-corrected chi connectivity index (χ4v) is 3.10. The predicted molar refractivity (Wildman–Crippen MR) is 117 cm³/mol. The second-order valence-corrected chi connectivity index (χ2v) is 6.75. The highest BCUT2D eigenvalue weighted by Gasteiger charge is 2.10. The number of nitrogens with one attached hydrogen (secondary N) is 2. The van der Waals surface area contributed by atoms with Gasteiger partial charge in [-0.15, -0.1) is 0 Å². The number of aryl methyl sites for hydroxylation is 1. The lowest BCUT2D eigenvalue weighted by Crippen LogP contribution is -2.08. The summed E-state index contributed by atoms with van der Waals surface area (Å²) >= 11 is 0. The van der Waals surface area contributed by atoms with Crippen LogP contribution in [0.3, 0.4) is 0 Å². The predicted octanol–water partition coefficient (Wildman–Crippen LogP) is 3.75. The van der Waals surface area contributed by atoms with Gasteiger partial charge in [0.05, 0.1) is 24.8 Å². The molecule has 152 valence electrons. The van der Waals surface area contributed by atoms with E-state index in [1.165, 1.54) is 0 Å². The number of hydrogen-bond donors (Lipinski definition) is 2. The number of aromatic nitrogens is 5. The van der Waals surface area contributed by atoms with E-state index >= 15 is 0 Å². The van der Waals surface area contributed by atoms with Gasteiger partial charge in [-0.1, -0.05) is 30.3 Å². The molecule has 0 saturated heterocycles. The van der Waals surface area contributed by atoms with Gasteiger partial charge in [0.15, 0.2) is 0 Å². The highest BCUT2D eigenvalue weighted by Crippen LogP contribution is 2.28. The first kappa shape index (κ1) is 19.4. The van der Waals surface area contributed by atoms with Crippen molar-refractivity contribution in [2.45, 2.75) is 13.3 Å². The third kappa shape index (κ3) is 4.38. The molecular weight excluding hydrogens is 378 g/mol. The molecule has 0 bridgehead atoms. The Morgan fingerprint density at radius 1 is 1.00 bits per heavy atom. The largest absolute Gasteiger partial charge is 0.494 e. The summed E-state index contributed by atoms with van der Waals surface area (Å²) in [5.41, 5.74) is 3.79. The minimum Gasteiger partial charge on any atom is -0.494 e. The number of anilines is 3. The van der Waals surface area contributed by atoms with Crippen LogP contribution in [-0.2, 0) is 6.42 Å². The van der Waals surface area contributed by atoms with E-state index in [4.69, 9.17) is 4.74 Å². The van der Waals surface area contributed by atoms with Crippen LogP contribution >= 0.6 is 0 Å². The molecule has 0 fully saturated rings.